The third kappa shape index (κ3) is 6.77. The molecule has 1 aromatic heterocycles. The number of nitrogens with one attached hydrogen (secondary N) is 2. The van der Waals surface area contributed by atoms with Gasteiger partial charge in [0.15, 0.2) is 0 Å². The minimum Gasteiger partial charge on any atom is -0.387 e. The number of amides is 2. The van der Waals surface area contributed by atoms with Gasteiger partial charge in [-0.2, -0.15) is 11.8 Å². The van der Waals surface area contributed by atoms with Gasteiger partial charge in [0.05, 0.1) is 11.5 Å². The molecule has 0 saturated carbocycles. The van der Waals surface area contributed by atoms with E-state index in [4.69, 9.17) is 16.9 Å². The van der Waals surface area contributed by atoms with Gasteiger partial charge in [-0.05, 0) is 6.92 Å². The molecule has 104 valence electrons. The van der Waals surface area contributed by atoms with Gasteiger partial charge >= 0.3 is 6.03 Å². The number of aliphatic imine (C=N–C) groups is 1. The molecule has 6 N–H and O–H groups in total. The minimum absolute atomic E-state index is 0.127. The maximum atomic E-state index is 10.5. The summed E-state index contributed by atoms with van der Waals surface area (Å²) in [5, 5.41) is 12.2. The molecule has 0 aliphatic heterocycles. The first-order valence-corrected chi connectivity index (χ1v) is 7.47. The van der Waals surface area contributed by atoms with Crippen molar-refractivity contribution >= 4 is 45.9 Å². The molecule has 7 nitrogen and oxygen atoms in total. The normalized spacial score (nSPS) is 11.3. The van der Waals surface area contributed by atoms with Crippen molar-refractivity contribution in [2.45, 2.75) is 19.1 Å². The lowest BCUT2D eigenvalue weighted by molar-refractivity contribution is 0.253. The number of primary amides is 1. The Morgan fingerprint density at radius 1 is 1.63 bits per heavy atom. The molecule has 0 unspecified atom stereocenters. The van der Waals surface area contributed by atoms with E-state index in [9.17, 15) is 4.79 Å². The SMILES string of the molecule is C/C(N)=N\c1nc(CSCCC(=N)NC(N)=O)cs1. The fourth-order valence-electron chi connectivity index (χ4n) is 1.13. The van der Waals surface area contributed by atoms with Gasteiger partial charge in [-0.1, -0.05) is 0 Å². The van der Waals surface area contributed by atoms with Gasteiger partial charge in [0, 0.05) is 23.3 Å². The number of carbonyl (C=O) groups excluding carboxylic acids is 1. The molecule has 1 rings (SSSR count). The summed E-state index contributed by atoms with van der Waals surface area (Å²) >= 11 is 3.07. The number of urea groups is 1. The van der Waals surface area contributed by atoms with Gasteiger partial charge in [0.2, 0.25) is 5.13 Å². The number of rotatable bonds is 6. The highest BCUT2D eigenvalue weighted by Crippen LogP contribution is 2.22. The van der Waals surface area contributed by atoms with Gasteiger partial charge in [-0.15, -0.1) is 11.3 Å². The molecule has 1 heterocycles. The van der Waals surface area contributed by atoms with Crippen molar-refractivity contribution in [3.63, 3.8) is 0 Å². The van der Waals surface area contributed by atoms with E-state index >= 15 is 0 Å². The van der Waals surface area contributed by atoms with Crippen molar-refractivity contribution in [1.82, 2.24) is 10.3 Å². The first-order chi connectivity index (χ1) is 8.97. The quantitative estimate of drug-likeness (QED) is 0.359. The Kier molecular flexibility index (Phi) is 6.30. The van der Waals surface area contributed by atoms with E-state index in [0.29, 0.717) is 23.1 Å². The largest absolute Gasteiger partial charge is 0.387 e. The number of amidine groups is 2. The smallest absolute Gasteiger partial charge is 0.317 e. The zero-order chi connectivity index (χ0) is 14.3. The number of thioether (sulfide) groups is 1. The summed E-state index contributed by atoms with van der Waals surface area (Å²) in [6, 6.07) is -0.700. The summed E-state index contributed by atoms with van der Waals surface area (Å²) in [7, 11) is 0. The van der Waals surface area contributed by atoms with Crippen LogP contribution in [0.15, 0.2) is 10.4 Å². The number of carbonyl (C=O) groups is 1. The van der Waals surface area contributed by atoms with E-state index in [1.165, 1.54) is 11.3 Å². The highest BCUT2D eigenvalue weighted by molar-refractivity contribution is 7.98. The fraction of sp³-hybridized carbons (Fsp3) is 0.400. The van der Waals surface area contributed by atoms with Gasteiger partial charge in [0.25, 0.3) is 0 Å². The zero-order valence-corrected chi connectivity index (χ0v) is 12.1. The number of thiazole rings is 1. The van der Waals surface area contributed by atoms with E-state index in [0.717, 1.165) is 11.4 Å². The van der Waals surface area contributed by atoms with Gasteiger partial charge < -0.3 is 11.5 Å². The molecular formula is C10H16N6OS2. The van der Waals surface area contributed by atoms with Crippen molar-refractivity contribution in [2.24, 2.45) is 16.5 Å². The molecular weight excluding hydrogens is 284 g/mol. The van der Waals surface area contributed by atoms with Crippen LogP contribution in [0, 0.1) is 5.41 Å². The van der Waals surface area contributed by atoms with E-state index in [2.05, 4.69) is 15.3 Å². The molecule has 0 atom stereocenters. The van der Waals surface area contributed by atoms with E-state index in [-0.39, 0.29) is 5.84 Å². The van der Waals surface area contributed by atoms with Crippen LogP contribution in [0.25, 0.3) is 0 Å². The summed E-state index contributed by atoms with van der Waals surface area (Å²) in [6.45, 7) is 1.72. The monoisotopic (exact) mass is 300 g/mol. The molecule has 1 aromatic rings. The molecule has 0 aliphatic rings. The Morgan fingerprint density at radius 3 is 3.00 bits per heavy atom. The molecule has 0 aliphatic carbocycles. The van der Waals surface area contributed by atoms with Crippen LogP contribution in [0.3, 0.4) is 0 Å². The molecule has 0 saturated heterocycles. The second kappa shape index (κ2) is 7.74. The van der Waals surface area contributed by atoms with Crippen LogP contribution >= 0.6 is 23.1 Å². The summed E-state index contributed by atoms with van der Waals surface area (Å²) < 4.78 is 0. The number of hydrogen-bond donors (Lipinski definition) is 4. The Hall–Kier alpha value is -1.61. The molecule has 9 heteroatoms. The standard InChI is InChI=1S/C10H16N6OS2/c1-6(11)14-10-15-7(5-19-10)4-18-3-2-8(12)16-9(13)17/h5H,2-4H2,1H3,(H2,11,14,15)(H4,12,13,16,17). The number of nitrogens with two attached hydrogens (primary N) is 2. The van der Waals surface area contributed by atoms with Crippen LogP contribution in [-0.4, -0.2) is 28.4 Å². The van der Waals surface area contributed by atoms with Crippen LogP contribution in [0.1, 0.15) is 19.0 Å². The van der Waals surface area contributed by atoms with Crippen molar-refractivity contribution in [3.05, 3.63) is 11.1 Å². The lowest BCUT2D eigenvalue weighted by atomic mass is 10.4. The van der Waals surface area contributed by atoms with Crippen molar-refractivity contribution in [1.29, 1.82) is 5.41 Å². The first kappa shape index (κ1) is 15.4. The summed E-state index contributed by atoms with van der Waals surface area (Å²) in [5.74, 6) is 2.06. The second-order valence-corrected chi connectivity index (χ2v) is 5.59. The van der Waals surface area contributed by atoms with Gasteiger partial charge in [-0.25, -0.2) is 14.8 Å². The van der Waals surface area contributed by atoms with Gasteiger partial charge in [-0.3, -0.25) is 10.7 Å². The zero-order valence-electron chi connectivity index (χ0n) is 10.5. The lowest BCUT2D eigenvalue weighted by Gasteiger charge is -2.02. The minimum atomic E-state index is -0.700. The average Bonchev–Trinajstić information content (AvgIpc) is 2.70. The average molecular weight is 300 g/mol. The molecule has 0 aromatic carbocycles. The fourth-order valence-corrected chi connectivity index (χ4v) is 2.83. The molecule has 0 radical (unpaired) electrons. The molecule has 0 spiro atoms. The van der Waals surface area contributed by atoms with E-state index in [1.807, 2.05) is 5.38 Å². The Bertz CT molecular complexity index is 480. The van der Waals surface area contributed by atoms with Crippen molar-refractivity contribution in [2.75, 3.05) is 5.75 Å². The maximum absolute atomic E-state index is 10.5. The van der Waals surface area contributed by atoms with Crippen LogP contribution in [0.5, 0.6) is 0 Å². The van der Waals surface area contributed by atoms with Gasteiger partial charge in [0.1, 0.15) is 5.84 Å². The van der Waals surface area contributed by atoms with E-state index in [1.54, 1.807) is 18.7 Å². The highest BCUT2D eigenvalue weighted by atomic mass is 32.2. The predicted octanol–water partition coefficient (Wildman–Crippen LogP) is 1.42. The second-order valence-electron chi connectivity index (χ2n) is 3.64. The van der Waals surface area contributed by atoms with Crippen LogP contribution in [-0.2, 0) is 5.75 Å². The summed E-state index contributed by atoms with van der Waals surface area (Å²) in [5.41, 5.74) is 11.3. The number of hydrogen-bond acceptors (Lipinski definition) is 6. The van der Waals surface area contributed by atoms with Crippen LogP contribution < -0.4 is 16.8 Å². The van der Waals surface area contributed by atoms with Crippen molar-refractivity contribution < 1.29 is 4.79 Å². The third-order valence-corrected chi connectivity index (χ3v) is 3.61. The van der Waals surface area contributed by atoms with Crippen LogP contribution in [0.2, 0.25) is 0 Å². The van der Waals surface area contributed by atoms with E-state index < -0.39 is 6.03 Å². The predicted molar refractivity (Wildman–Crippen MR) is 80.3 cm³/mol. The lowest BCUT2D eigenvalue weighted by Crippen LogP contribution is -2.34. The first-order valence-electron chi connectivity index (χ1n) is 5.44. The maximum Gasteiger partial charge on any atom is 0.317 e. The molecule has 19 heavy (non-hydrogen) atoms. The Balaban J connectivity index is 2.26. The third-order valence-electron chi connectivity index (χ3n) is 1.83. The molecule has 0 bridgehead atoms. The Labute approximate surface area is 119 Å². The Morgan fingerprint density at radius 2 is 2.37 bits per heavy atom. The highest BCUT2D eigenvalue weighted by Gasteiger charge is 2.03. The number of nitrogens with zero attached hydrogens (tertiary/aromatic N) is 2. The summed E-state index contributed by atoms with van der Waals surface area (Å²) in [4.78, 5) is 18.9. The topological polar surface area (TPSA) is 130 Å². The number of aromatic nitrogens is 1. The molecule has 0 fully saturated rings. The van der Waals surface area contributed by atoms with Crippen molar-refractivity contribution in [3.8, 4) is 0 Å². The molecule has 2 amide bonds. The summed E-state index contributed by atoms with van der Waals surface area (Å²) in [6.07, 6.45) is 0.463. The van der Waals surface area contributed by atoms with Crippen LogP contribution in [0.4, 0.5) is 9.93 Å².